The van der Waals surface area contributed by atoms with Crippen LogP contribution in [-0.2, 0) is 28.6 Å². The number of carbonyl (C=O) groups is 1. The molecule has 0 N–H and O–H groups in total. The number of aromatic nitrogens is 2. The minimum absolute atomic E-state index is 0.149. The molecule has 1 aliphatic heterocycles. The van der Waals surface area contributed by atoms with Gasteiger partial charge < -0.3 is 4.90 Å². The molecular weight excluding hydrogens is 342 g/mol. The fourth-order valence-electron chi connectivity index (χ4n) is 3.66. The van der Waals surface area contributed by atoms with E-state index in [0.29, 0.717) is 26.2 Å². The van der Waals surface area contributed by atoms with Crippen molar-refractivity contribution in [2.24, 2.45) is 13.0 Å². The summed E-state index contributed by atoms with van der Waals surface area (Å²) >= 11 is 0. The minimum atomic E-state index is -3.53. The molecule has 1 saturated heterocycles. The quantitative estimate of drug-likeness (QED) is 0.754. The van der Waals surface area contributed by atoms with E-state index in [1.165, 1.54) is 8.61 Å². The summed E-state index contributed by atoms with van der Waals surface area (Å²) < 4.78 is 30.0. The van der Waals surface area contributed by atoms with Gasteiger partial charge in [-0.1, -0.05) is 12.8 Å². The van der Waals surface area contributed by atoms with Crippen molar-refractivity contribution in [1.29, 1.82) is 0 Å². The molecule has 2 heterocycles. The van der Waals surface area contributed by atoms with E-state index in [0.717, 1.165) is 31.2 Å². The van der Waals surface area contributed by atoms with Crippen LogP contribution in [0.5, 0.6) is 0 Å². The molecule has 1 amide bonds. The maximum atomic E-state index is 12.8. The van der Waals surface area contributed by atoms with Gasteiger partial charge in [-0.25, -0.2) is 0 Å². The number of aryl methyl sites for hydroxylation is 1. The Bertz CT molecular complexity index is 703. The normalized spacial score (nSPS) is 20.5. The Morgan fingerprint density at radius 2 is 1.88 bits per heavy atom. The van der Waals surface area contributed by atoms with E-state index in [9.17, 15) is 13.2 Å². The van der Waals surface area contributed by atoms with Crippen molar-refractivity contribution in [3.05, 3.63) is 18.0 Å². The number of piperazine rings is 1. The summed E-state index contributed by atoms with van der Waals surface area (Å²) in [4.78, 5) is 14.3. The van der Waals surface area contributed by atoms with Gasteiger partial charge in [0.25, 0.3) is 10.2 Å². The van der Waals surface area contributed by atoms with Crippen molar-refractivity contribution in [2.45, 2.75) is 32.2 Å². The first-order valence-corrected chi connectivity index (χ1v) is 10.3. The fourth-order valence-corrected chi connectivity index (χ4v) is 4.99. The fraction of sp³-hybridized carbons (Fsp3) is 0.750. The average Bonchev–Trinajstić information content (AvgIpc) is 3.26. The summed E-state index contributed by atoms with van der Waals surface area (Å²) in [7, 11) is -0.142. The number of carbonyl (C=O) groups excluding carboxylic acids is 1. The van der Waals surface area contributed by atoms with Crippen molar-refractivity contribution in [3.63, 3.8) is 0 Å². The molecule has 3 rings (SSSR count). The van der Waals surface area contributed by atoms with E-state index in [-0.39, 0.29) is 18.4 Å². The molecule has 0 atom stereocenters. The van der Waals surface area contributed by atoms with Crippen LogP contribution in [0.15, 0.2) is 12.4 Å². The van der Waals surface area contributed by atoms with E-state index < -0.39 is 10.2 Å². The Morgan fingerprint density at radius 3 is 2.44 bits per heavy atom. The Kier molecular flexibility index (Phi) is 5.45. The van der Waals surface area contributed by atoms with Gasteiger partial charge in [-0.2, -0.15) is 22.1 Å². The van der Waals surface area contributed by atoms with E-state index >= 15 is 0 Å². The first-order chi connectivity index (χ1) is 11.9. The average molecular weight is 369 g/mol. The second-order valence-electron chi connectivity index (χ2n) is 6.99. The van der Waals surface area contributed by atoms with Gasteiger partial charge in [0.05, 0.1) is 6.20 Å². The van der Waals surface area contributed by atoms with Gasteiger partial charge in [-0.15, -0.1) is 0 Å². The number of nitrogens with zero attached hydrogens (tertiary/aromatic N) is 5. The molecule has 9 heteroatoms. The summed E-state index contributed by atoms with van der Waals surface area (Å²) in [5.74, 6) is 0.356. The van der Waals surface area contributed by atoms with Crippen LogP contribution in [0.1, 0.15) is 31.2 Å². The molecule has 140 valence electrons. The standard InChI is InChI=1S/C16H27N5O3S/c1-18-12-14(11-17-18)13-19(2)25(23,24)21-9-7-20(8-10-21)16(22)15-5-3-4-6-15/h11-12,15H,3-10,13H2,1-2H3. The van der Waals surface area contributed by atoms with Crippen LogP contribution in [0.4, 0.5) is 0 Å². The first kappa shape index (κ1) is 18.3. The molecule has 2 aliphatic rings. The zero-order chi connectivity index (χ0) is 18.0. The lowest BCUT2D eigenvalue weighted by molar-refractivity contribution is -0.136. The Morgan fingerprint density at radius 1 is 1.24 bits per heavy atom. The Hall–Kier alpha value is -1.45. The van der Waals surface area contributed by atoms with Crippen LogP contribution in [0.2, 0.25) is 0 Å². The van der Waals surface area contributed by atoms with Crippen molar-refractivity contribution in [3.8, 4) is 0 Å². The molecule has 0 radical (unpaired) electrons. The lowest BCUT2D eigenvalue weighted by atomic mass is 10.1. The van der Waals surface area contributed by atoms with Crippen LogP contribution in [0.25, 0.3) is 0 Å². The van der Waals surface area contributed by atoms with E-state index in [4.69, 9.17) is 0 Å². The molecule has 25 heavy (non-hydrogen) atoms. The maximum absolute atomic E-state index is 12.8. The van der Waals surface area contributed by atoms with Crippen LogP contribution in [-0.4, -0.2) is 70.8 Å². The van der Waals surface area contributed by atoms with E-state index in [2.05, 4.69) is 5.10 Å². The maximum Gasteiger partial charge on any atom is 0.282 e. The minimum Gasteiger partial charge on any atom is -0.340 e. The third-order valence-corrected chi connectivity index (χ3v) is 7.07. The monoisotopic (exact) mass is 369 g/mol. The highest BCUT2D eigenvalue weighted by atomic mass is 32.2. The highest BCUT2D eigenvalue weighted by Gasteiger charge is 2.34. The number of rotatable bonds is 5. The van der Waals surface area contributed by atoms with Crippen LogP contribution in [0.3, 0.4) is 0 Å². The Labute approximate surface area is 149 Å². The predicted octanol–water partition coefficient (Wildman–Crippen LogP) is 0.431. The number of hydrogen-bond donors (Lipinski definition) is 0. The predicted molar refractivity (Wildman–Crippen MR) is 93.7 cm³/mol. The lowest BCUT2D eigenvalue weighted by Gasteiger charge is -2.36. The third kappa shape index (κ3) is 4.04. The smallest absolute Gasteiger partial charge is 0.282 e. The topological polar surface area (TPSA) is 78.8 Å². The van der Waals surface area contributed by atoms with E-state index in [1.807, 2.05) is 11.1 Å². The first-order valence-electron chi connectivity index (χ1n) is 8.85. The molecule has 0 spiro atoms. The highest BCUT2D eigenvalue weighted by molar-refractivity contribution is 7.86. The zero-order valence-corrected chi connectivity index (χ0v) is 15.8. The van der Waals surface area contributed by atoms with Crippen molar-refractivity contribution in [1.82, 2.24) is 23.3 Å². The molecule has 0 aromatic carbocycles. The summed E-state index contributed by atoms with van der Waals surface area (Å²) in [5.41, 5.74) is 0.851. The molecule has 0 unspecified atom stereocenters. The van der Waals surface area contributed by atoms with Crippen LogP contribution in [0, 0.1) is 5.92 Å². The van der Waals surface area contributed by atoms with Crippen molar-refractivity contribution < 1.29 is 13.2 Å². The second kappa shape index (κ2) is 7.43. The Balaban J connectivity index is 1.56. The van der Waals surface area contributed by atoms with Gasteiger partial charge in [-0.3, -0.25) is 9.48 Å². The number of hydrogen-bond acceptors (Lipinski definition) is 4. The SMILES string of the molecule is CN(Cc1cnn(C)c1)S(=O)(=O)N1CCN(C(=O)C2CCCC2)CC1. The number of amides is 1. The van der Waals surface area contributed by atoms with Gasteiger partial charge in [0, 0.05) is 64.5 Å². The molecule has 8 nitrogen and oxygen atoms in total. The zero-order valence-electron chi connectivity index (χ0n) is 15.0. The van der Waals surface area contributed by atoms with Gasteiger partial charge in [-0.05, 0) is 12.8 Å². The largest absolute Gasteiger partial charge is 0.340 e. The summed E-state index contributed by atoms with van der Waals surface area (Å²) in [6, 6.07) is 0. The second-order valence-corrected chi connectivity index (χ2v) is 9.03. The van der Waals surface area contributed by atoms with Crippen molar-refractivity contribution in [2.75, 3.05) is 33.2 Å². The van der Waals surface area contributed by atoms with Crippen molar-refractivity contribution >= 4 is 16.1 Å². The van der Waals surface area contributed by atoms with Gasteiger partial charge >= 0.3 is 0 Å². The summed E-state index contributed by atoms with van der Waals surface area (Å²) in [5, 5.41) is 4.07. The molecule has 1 aromatic heterocycles. The van der Waals surface area contributed by atoms with Gasteiger partial charge in [0.15, 0.2) is 0 Å². The molecular formula is C16H27N5O3S. The summed E-state index contributed by atoms with van der Waals surface area (Å²) in [6.45, 7) is 1.97. The molecule has 1 aliphatic carbocycles. The van der Waals surface area contributed by atoms with Gasteiger partial charge in [0.2, 0.25) is 5.91 Å². The van der Waals surface area contributed by atoms with Crippen LogP contribution < -0.4 is 0 Å². The van der Waals surface area contributed by atoms with Gasteiger partial charge in [0.1, 0.15) is 0 Å². The lowest BCUT2D eigenvalue weighted by Crippen LogP contribution is -2.54. The van der Waals surface area contributed by atoms with E-state index in [1.54, 1.807) is 25.0 Å². The molecule has 1 saturated carbocycles. The third-order valence-electron chi connectivity index (χ3n) is 5.14. The van der Waals surface area contributed by atoms with Crippen LogP contribution >= 0.6 is 0 Å². The molecule has 1 aromatic rings. The molecule has 0 bridgehead atoms. The highest BCUT2D eigenvalue weighted by Crippen LogP contribution is 2.27. The molecule has 2 fully saturated rings. The summed E-state index contributed by atoms with van der Waals surface area (Å²) in [6.07, 6.45) is 7.69.